The molecule has 1 aromatic heterocycles. The number of nitrogens with zero attached hydrogens (tertiary/aromatic N) is 1. The normalized spacial score (nSPS) is 13.4. The van der Waals surface area contributed by atoms with Crippen LogP contribution >= 0.6 is 0 Å². The fourth-order valence-electron chi connectivity index (χ4n) is 4.96. The Labute approximate surface area is 230 Å². The number of carbonyl (C=O) groups is 2. The summed E-state index contributed by atoms with van der Waals surface area (Å²) in [7, 11) is 2.87. The topological polar surface area (TPSA) is 117 Å². The molecule has 0 saturated heterocycles. The average Bonchev–Trinajstić information content (AvgIpc) is 3.57. The maximum Gasteiger partial charge on any atom is 0.305 e. The van der Waals surface area contributed by atoms with Gasteiger partial charge >= 0.3 is 5.97 Å². The van der Waals surface area contributed by atoms with Crippen molar-refractivity contribution < 1.29 is 33.4 Å². The molecule has 1 N–H and O–H groups in total. The number of hydrogen-bond acceptors (Lipinski definition) is 8. The van der Waals surface area contributed by atoms with Gasteiger partial charge in [0.2, 0.25) is 0 Å². The lowest BCUT2D eigenvalue weighted by Gasteiger charge is -2.15. The van der Waals surface area contributed by atoms with Gasteiger partial charge in [-0.05, 0) is 85.7 Å². The molecule has 0 bridgehead atoms. The maximum absolute atomic E-state index is 13.3. The van der Waals surface area contributed by atoms with Gasteiger partial charge in [-0.1, -0.05) is 6.07 Å². The third kappa shape index (κ3) is 5.88. The van der Waals surface area contributed by atoms with Gasteiger partial charge in [-0.2, -0.15) is 4.74 Å². The Kier molecular flexibility index (Phi) is 7.91. The van der Waals surface area contributed by atoms with E-state index in [1.807, 2.05) is 0 Å². The first kappa shape index (κ1) is 27.1. The van der Waals surface area contributed by atoms with E-state index >= 15 is 0 Å². The van der Waals surface area contributed by atoms with E-state index in [0.29, 0.717) is 33.6 Å². The molecule has 40 heavy (non-hydrogen) atoms. The summed E-state index contributed by atoms with van der Waals surface area (Å²) in [5, 5.41) is 11.1. The van der Waals surface area contributed by atoms with Crippen LogP contribution in [0.25, 0.3) is 11.0 Å². The zero-order valence-electron chi connectivity index (χ0n) is 22.5. The van der Waals surface area contributed by atoms with Gasteiger partial charge in [-0.3, -0.25) is 14.4 Å². The molecule has 1 heterocycles. The number of methoxy groups -OCH3 is 1. The van der Waals surface area contributed by atoms with Crippen molar-refractivity contribution in [3.63, 3.8) is 0 Å². The molecule has 1 aliphatic rings. The summed E-state index contributed by atoms with van der Waals surface area (Å²) in [6.07, 6.45) is 4.76. The second kappa shape index (κ2) is 11.7. The maximum atomic E-state index is 13.3. The Morgan fingerprint density at radius 2 is 1.85 bits per heavy atom. The van der Waals surface area contributed by atoms with Crippen molar-refractivity contribution >= 4 is 22.7 Å². The number of carbonyl (C=O) groups excluding carboxylic acids is 2. The Bertz CT molecular complexity index is 1610. The lowest BCUT2D eigenvalue weighted by molar-refractivity contribution is -0.140. The van der Waals surface area contributed by atoms with Gasteiger partial charge in [-0.15, -0.1) is 0 Å². The summed E-state index contributed by atoms with van der Waals surface area (Å²) in [5.74, 6) is 0.138. The summed E-state index contributed by atoms with van der Waals surface area (Å²) in [4.78, 5) is 37.3. The lowest BCUT2D eigenvalue weighted by Crippen LogP contribution is -2.11. The van der Waals surface area contributed by atoms with Crippen LogP contribution in [0.1, 0.15) is 59.2 Å². The lowest BCUT2D eigenvalue weighted by atomic mass is 9.98. The van der Waals surface area contributed by atoms with Crippen LogP contribution < -0.4 is 15.0 Å². The smallest absolute Gasteiger partial charge is 0.305 e. The van der Waals surface area contributed by atoms with E-state index in [4.69, 9.17) is 18.7 Å². The highest BCUT2D eigenvalue weighted by atomic mass is 16.5. The number of aromatic hydroxyl groups is 1. The van der Waals surface area contributed by atoms with Crippen LogP contribution in [0.3, 0.4) is 0 Å². The van der Waals surface area contributed by atoms with Gasteiger partial charge in [0.1, 0.15) is 23.9 Å². The third-order valence-electron chi connectivity index (χ3n) is 7.16. The van der Waals surface area contributed by atoms with Crippen LogP contribution in [0, 0.1) is 0 Å². The number of aryl methyl sites for hydroxylation is 2. The molecule has 9 heteroatoms. The van der Waals surface area contributed by atoms with E-state index in [9.17, 15) is 19.5 Å². The van der Waals surface area contributed by atoms with Gasteiger partial charge in [0.25, 0.3) is 5.56 Å². The van der Waals surface area contributed by atoms with E-state index in [1.54, 1.807) is 55.6 Å². The van der Waals surface area contributed by atoms with Crippen LogP contribution in [-0.4, -0.2) is 34.8 Å². The Morgan fingerprint density at radius 1 is 1.05 bits per heavy atom. The highest BCUT2D eigenvalue weighted by Gasteiger charge is 2.20. The van der Waals surface area contributed by atoms with Gasteiger partial charge in [0.15, 0.2) is 11.4 Å². The molecule has 4 aromatic rings. The predicted octanol–water partition coefficient (Wildman–Crippen LogP) is 5.07. The highest BCUT2D eigenvalue weighted by molar-refractivity contribution is 6.11. The zero-order valence-corrected chi connectivity index (χ0v) is 22.5. The number of phenolic OH excluding ortho intramolecular Hbond substituents is 1. The van der Waals surface area contributed by atoms with Gasteiger partial charge in [-0.25, -0.2) is 0 Å². The molecule has 5 rings (SSSR count). The van der Waals surface area contributed by atoms with Crippen molar-refractivity contribution in [1.82, 2.24) is 4.74 Å². The summed E-state index contributed by atoms with van der Waals surface area (Å²) < 4.78 is 23.4. The second-order valence-electron chi connectivity index (χ2n) is 9.94. The standard InChI is InChI=1S/C31H31NO8/c1-32-31(36)25-11-7-19(15-28(25)40-32)18-38-27-13-8-21(16-20(27)9-14-29(34)37-2)30(35)24-12-10-23(17-26(24)33)39-22-5-3-4-6-22/h7-8,10-13,15-17,22,33H,3-6,9,14,18H2,1-2H3. The second-order valence-corrected chi connectivity index (χ2v) is 9.94. The summed E-state index contributed by atoms with van der Waals surface area (Å²) in [6.45, 7) is 0.177. The van der Waals surface area contributed by atoms with E-state index in [2.05, 4.69) is 0 Å². The predicted molar refractivity (Wildman–Crippen MR) is 147 cm³/mol. The van der Waals surface area contributed by atoms with E-state index in [-0.39, 0.29) is 54.2 Å². The Balaban J connectivity index is 1.36. The van der Waals surface area contributed by atoms with E-state index in [0.717, 1.165) is 31.2 Å². The molecule has 3 aromatic carbocycles. The van der Waals surface area contributed by atoms with Crippen molar-refractivity contribution in [2.45, 2.75) is 51.2 Å². The van der Waals surface area contributed by atoms with Gasteiger partial charge in [0, 0.05) is 25.1 Å². The Hall–Kier alpha value is -4.53. The fraction of sp³-hybridized carbons (Fsp3) is 0.323. The van der Waals surface area contributed by atoms with Crippen LogP contribution in [-0.2, 0) is 29.6 Å². The molecule has 0 aliphatic heterocycles. The van der Waals surface area contributed by atoms with Crippen LogP contribution in [0.15, 0.2) is 63.9 Å². The first-order chi connectivity index (χ1) is 19.3. The quantitative estimate of drug-likeness (QED) is 0.217. The van der Waals surface area contributed by atoms with Gasteiger partial charge < -0.3 is 23.8 Å². The number of fused-ring (bicyclic) bond motifs is 1. The van der Waals surface area contributed by atoms with Crippen molar-refractivity contribution in [3.05, 3.63) is 87.2 Å². The van der Waals surface area contributed by atoms with E-state index in [1.165, 1.54) is 17.9 Å². The fourth-order valence-corrected chi connectivity index (χ4v) is 4.96. The first-order valence-electron chi connectivity index (χ1n) is 13.3. The average molecular weight is 546 g/mol. The third-order valence-corrected chi connectivity index (χ3v) is 7.16. The van der Waals surface area contributed by atoms with E-state index < -0.39 is 0 Å². The van der Waals surface area contributed by atoms with Crippen LogP contribution in [0.2, 0.25) is 0 Å². The molecule has 1 aliphatic carbocycles. The SMILES string of the molecule is COC(=O)CCc1cc(C(=O)c2ccc(OC3CCCC3)cc2O)ccc1OCc1ccc2c(=O)n(C)oc2c1. The molecular formula is C31H31NO8. The van der Waals surface area contributed by atoms with Gasteiger partial charge in [0.05, 0.1) is 24.2 Å². The largest absolute Gasteiger partial charge is 0.507 e. The molecule has 0 radical (unpaired) electrons. The number of aromatic nitrogens is 1. The summed E-state index contributed by atoms with van der Waals surface area (Å²) in [5.41, 5.74) is 2.17. The Morgan fingerprint density at radius 3 is 2.60 bits per heavy atom. The van der Waals surface area contributed by atoms with Crippen LogP contribution in [0.5, 0.6) is 17.2 Å². The highest BCUT2D eigenvalue weighted by Crippen LogP contribution is 2.31. The van der Waals surface area contributed by atoms with Crippen molar-refractivity contribution in [2.24, 2.45) is 7.05 Å². The number of ketones is 1. The van der Waals surface area contributed by atoms with Crippen molar-refractivity contribution in [3.8, 4) is 17.2 Å². The van der Waals surface area contributed by atoms with Crippen molar-refractivity contribution in [1.29, 1.82) is 0 Å². The molecule has 9 nitrogen and oxygen atoms in total. The van der Waals surface area contributed by atoms with Crippen LogP contribution in [0.4, 0.5) is 0 Å². The number of hydrogen-bond donors (Lipinski definition) is 1. The minimum Gasteiger partial charge on any atom is -0.507 e. The zero-order chi connectivity index (χ0) is 28.2. The molecule has 0 spiro atoms. The molecule has 0 amide bonds. The number of esters is 1. The molecular weight excluding hydrogens is 514 g/mol. The molecule has 0 unspecified atom stereocenters. The summed E-state index contributed by atoms with van der Waals surface area (Å²) >= 11 is 0. The number of phenols is 1. The minimum absolute atomic E-state index is 0.101. The summed E-state index contributed by atoms with van der Waals surface area (Å²) in [6, 6.07) is 14.9. The van der Waals surface area contributed by atoms with Crippen molar-refractivity contribution in [2.75, 3.05) is 7.11 Å². The monoisotopic (exact) mass is 545 g/mol. The number of rotatable bonds is 10. The number of ether oxygens (including phenoxy) is 3. The minimum atomic E-state index is -0.386. The first-order valence-corrected chi connectivity index (χ1v) is 13.3. The molecule has 208 valence electrons. The number of benzene rings is 3. The molecule has 1 saturated carbocycles. The molecule has 0 atom stereocenters. The molecule has 1 fully saturated rings.